The zero-order valence-electron chi connectivity index (χ0n) is 8.62. The number of amides is 1. The van der Waals surface area contributed by atoms with Crippen molar-refractivity contribution in [1.82, 2.24) is 4.42 Å². The van der Waals surface area contributed by atoms with E-state index >= 15 is 0 Å². The Hall–Kier alpha value is -1.02. The van der Waals surface area contributed by atoms with Gasteiger partial charge in [-0.2, -0.15) is 0 Å². The second-order valence-corrected chi connectivity index (χ2v) is 4.46. The molecule has 14 heavy (non-hydrogen) atoms. The fraction of sp³-hybridized carbons (Fsp3) is 0.364. The molecule has 3 heteroatoms. The first-order valence-corrected chi connectivity index (χ1v) is 4.82. The van der Waals surface area contributed by atoms with E-state index < -0.39 is 0 Å². The van der Waals surface area contributed by atoms with Gasteiger partial charge < -0.3 is 0 Å². The van der Waals surface area contributed by atoms with E-state index in [4.69, 9.17) is 11.8 Å². The van der Waals surface area contributed by atoms with Gasteiger partial charge in [0, 0.05) is 17.3 Å². The summed E-state index contributed by atoms with van der Waals surface area (Å²) >= 11 is 5.93. The summed E-state index contributed by atoms with van der Waals surface area (Å²) in [5, 5.41) is 0. The van der Waals surface area contributed by atoms with Crippen LogP contribution in [0.25, 0.3) is 0 Å². The third-order valence-electron chi connectivity index (χ3n) is 1.79. The molecule has 0 heterocycles. The lowest BCUT2D eigenvalue weighted by Crippen LogP contribution is -2.38. The van der Waals surface area contributed by atoms with Crippen LogP contribution >= 0.6 is 11.8 Å². The van der Waals surface area contributed by atoms with Gasteiger partial charge in [0.1, 0.15) is 0 Å². The zero-order chi connectivity index (χ0) is 10.8. The minimum Gasteiger partial charge on any atom is -0.268 e. The molecule has 0 radical (unpaired) electrons. The van der Waals surface area contributed by atoms with Crippen LogP contribution in [0.3, 0.4) is 0 Å². The number of benzene rings is 1. The van der Waals surface area contributed by atoms with E-state index in [1.807, 2.05) is 39.0 Å². The minimum absolute atomic E-state index is 0.167. The van der Waals surface area contributed by atoms with Gasteiger partial charge in [-0.15, -0.1) is 0 Å². The molecule has 0 aliphatic rings. The Morgan fingerprint density at radius 3 is 2.14 bits per heavy atom. The zero-order valence-corrected chi connectivity index (χ0v) is 9.38. The lowest BCUT2D eigenvalue weighted by molar-refractivity contribution is 0.0777. The van der Waals surface area contributed by atoms with Crippen LogP contribution in [-0.2, 0) is 0 Å². The van der Waals surface area contributed by atoms with Crippen molar-refractivity contribution in [1.29, 1.82) is 0 Å². The summed E-state index contributed by atoms with van der Waals surface area (Å²) in [4.78, 5) is 11.8. The molecule has 0 aliphatic carbocycles. The number of nitrogens with zero attached hydrogens (tertiary/aromatic N) is 1. The third-order valence-corrected chi connectivity index (χ3v) is 2.45. The summed E-state index contributed by atoms with van der Waals surface area (Å²) in [5.41, 5.74) is 0.242. The van der Waals surface area contributed by atoms with Gasteiger partial charge in [-0.1, -0.05) is 18.2 Å². The van der Waals surface area contributed by atoms with Crippen LogP contribution in [0.15, 0.2) is 30.3 Å². The van der Waals surface area contributed by atoms with E-state index in [0.717, 1.165) is 0 Å². The fourth-order valence-corrected chi connectivity index (χ4v) is 1.10. The number of halogens is 1. The molecule has 1 aromatic rings. The van der Waals surface area contributed by atoms with Gasteiger partial charge >= 0.3 is 0 Å². The Labute approximate surface area is 89.6 Å². The van der Waals surface area contributed by atoms with Crippen LogP contribution in [0.4, 0.5) is 0 Å². The van der Waals surface area contributed by atoms with Crippen molar-refractivity contribution in [2.75, 3.05) is 0 Å². The highest BCUT2D eigenvalue weighted by Gasteiger charge is 2.25. The number of hydrogen-bond donors (Lipinski definition) is 0. The molecule has 1 amide bonds. The maximum atomic E-state index is 11.8. The summed E-state index contributed by atoms with van der Waals surface area (Å²) in [5.74, 6) is -0.167. The summed E-state index contributed by atoms with van der Waals surface area (Å²) in [6.45, 7) is 5.67. The van der Waals surface area contributed by atoms with Crippen LogP contribution in [0.5, 0.6) is 0 Å². The molecule has 0 saturated carbocycles. The van der Waals surface area contributed by atoms with Crippen molar-refractivity contribution < 1.29 is 4.79 Å². The van der Waals surface area contributed by atoms with Gasteiger partial charge in [-0.05, 0) is 32.9 Å². The van der Waals surface area contributed by atoms with Crippen LogP contribution in [0.1, 0.15) is 31.1 Å². The molecular formula is C11H14ClNO. The molecule has 0 N–H and O–H groups in total. The quantitative estimate of drug-likeness (QED) is 0.654. The van der Waals surface area contributed by atoms with Crippen molar-refractivity contribution in [3.05, 3.63) is 35.9 Å². The van der Waals surface area contributed by atoms with Gasteiger partial charge in [0.05, 0.1) is 5.54 Å². The number of carbonyl (C=O) groups excluding carboxylic acids is 1. The van der Waals surface area contributed by atoms with Gasteiger partial charge in [-0.3, -0.25) is 4.79 Å². The molecule has 1 aromatic carbocycles. The number of carbonyl (C=O) groups is 1. The third kappa shape index (κ3) is 2.48. The Balaban J connectivity index is 2.87. The van der Waals surface area contributed by atoms with Crippen molar-refractivity contribution in [2.45, 2.75) is 26.3 Å². The largest absolute Gasteiger partial charge is 0.268 e. The highest BCUT2D eigenvalue weighted by molar-refractivity contribution is 6.24. The lowest BCUT2D eigenvalue weighted by atomic mass is 10.1. The first kappa shape index (κ1) is 11.1. The number of rotatable bonds is 1. The Kier molecular flexibility index (Phi) is 3.17. The van der Waals surface area contributed by atoms with E-state index in [1.165, 1.54) is 4.42 Å². The SMILES string of the molecule is CC(C)(C)N(Cl)C(=O)c1ccccc1. The maximum absolute atomic E-state index is 11.8. The fourth-order valence-electron chi connectivity index (χ4n) is 0.999. The molecule has 76 valence electrons. The molecule has 0 atom stereocenters. The molecule has 0 saturated heterocycles. The van der Waals surface area contributed by atoms with E-state index in [-0.39, 0.29) is 11.4 Å². The minimum atomic E-state index is -0.367. The summed E-state index contributed by atoms with van der Waals surface area (Å²) in [6.07, 6.45) is 0. The van der Waals surface area contributed by atoms with Crippen molar-refractivity contribution in [3.8, 4) is 0 Å². The van der Waals surface area contributed by atoms with E-state index in [1.54, 1.807) is 12.1 Å². The second kappa shape index (κ2) is 4.01. The van der Waals surface area contributed by atoms with Crippen molar-refractivity contribution in [2.24, 2.45) is 0 Å². The van der Waals surface area contributed by atoms with Crippen LogP contribution < -0.4 is 0 Å². The molecule has 0 aliphatic heterocycles. The average molecular weight is 212 g/mol. The lowest BCUT2D eigenvalue weighted by Gasteiger charge is -2.28. The van der Waals surface area contributed by atoms with Gasteiger partial charge in [-0.25, -0.2) is 4.42 Å². The molecule has 0 fully saturated rings. The normalized spacial score (nSPS) is 11.1. The first-order valence-electron chi connectivity index (χ1n) is 4.48. The molecule has 0 unspecified atom stereocenters. The maximum Gasteiger partial charge on any atom is 0.268 e. The van der Waals surface area contributed by atoms with Gasteiger partial charge in [0.15, 0.2) is 0 Å². The predicted octanol–water partition coefficient (Wildman–Crippen LogP) is 3.08. The molecule has 0 aromatic heterocycles. The standard InChI is InChI=1S/C11H14ClNO/c1-11(2,3)13(12)10(14)9-7-5-4-6-8-9/h4-8H,1-3H3. The molecule has 1 rings (SSSR count). The Morgan fingerprint density at radius 1 is 1.21 bits per heavy atom. The predicted molar refractivity (Wildman–Crippen MR) is 58.2 cm³/mol. The van der Waals surface area contributed by atoms with E-state index in [9.17, 15) is 4.79 Å². The molecule has 2 nitrogen and oxygen atoms in total. The first-order chi connectivity index (χ1) is 6.43. The summed E-state index contributed by atoms with van der Waals surface area (Å²) < 4.78 is 1.22. The van der Waals surface area contributed by atoms with Crippen molar-refractivity contribution >= 4 is 17.7 Å². The number of hydrogen-bond acceptors (Lipinski definition) is 1. The Morgan fingerprint density at radius 2 is 1.71 bits per heavy atom. The molecule has 0 spiro atoms. The highest BCUT2D eigenvalue weighted by Crippen LogP contribution is 2.19. The highest BCUT2D eigenvalue weighted by atomic mass is 35.5. The smallest absolute Gasteiger partial charge is 0.268 e. The van der Waals surface area contributed by atoms with Gasteiger partial charge in [0.25, 0.3) is 5.91 Å². The van der Waals surface area contributed by atoms with Crippen LogP contribution in [0, 0.1) is 0 Å². The van der Waals surface area contributed by atoms with Gasteiger partial charge in [0.2, 0.25) is 0 Å². The average Bonchev–Trinajstić information content (AvgIpc) is 2.15. The summed E-state index contributed by atoms with van der Waals surface area (Å²) in [6, 6.07) is 9.01. The van der Waals surface area contributed by atoms with E-state index in [0.29, 0.717) is 5.56 Å². The topological polar surface area (TPSA) is 20.3 Å². The molecule has 0 bridgehead atoms. The Bertz CT molecular complexity index is 316. The second-order valence-electron chi connectivity index (χ2n) is 4.12. The summed E-state index contributed by atoms with van der Waals surface area (Å²) in [7, 11) is 0. The van der Waals surface area contributed by atoms with E-state index in [2.05, 4.69) is 0 Å². The van der Waals surface area contributed by atoms with Crippen molar-refractivity contribution in [3.63, 3.8) is 0 Å². The monoisotopic (exact) mass is 211 g/mol. The molecular weight excluding hydrogens is 198 g/mol. The van der Waals surface area contributed by atoms with Crippen LogP contribution in [-0.4, -0.2) is 15.9 Å². The van der Waals surface area contributed by atoms with Crippen LogP contribution in [0.2, 0.25) is 0 Å².